The Morgan fingerprint density at radius 3 is 2.03 bits per heavy atom. The molecule has 0 unspecified atom stereocenters. The molecule has 0 saturated carbocycles. The van der Waals surface area contributed by atoms with Gasteiger partial charge in [0.2, 0.25) is 11.5 Å². The highest BCUT2D eigenvalue weighted by atomic mass is 35.5. The minimum atomic E-state index is -0.924. The van der Waals surface area contributed by atoms with E-state index in [2.05, 4.69) is 9.97 Å². The Labute approximate surface area is 203 Å². The fourth-order valence-electron chi connectivity index (χ4n) is 4.32. The number of carbonyl (C=O) groups is 2. The molecule has 0 aliphatic heterocycles. The second-order valence-electron chi connectivity index (χ2n) is 8.01. The van der Waals surface area contributed by atoms with Crippen molar-refractivity contribution in [2.45, 2.75) is 6.42 Å². The second-order valence-corrected chi connectivity index (χ2v) is 8.82. The van der Waals surface area contributed by atoms with Gasteiger partial charge in [-0.25, -0.2) is 0 Å². The molecule has 0 fully saturated rings. The first-order valence-corrected chi connectivity index (χ1v) is 11.3. The first-order chi connectivity index (χ1) is 16.5. The van der Waals surface area contributed by atoms with Crippen molar-refractivity contribution in [1.29, 1.82) is 0 Å². The van der Waals surface area contributed by atoms with Crippen LogP contribution in [0.3, 0.4) is 0 Å². The van der Waals surface area contributed by atoms with Gasteiger partial charge < -0.3 is 4.42 Å². The number of Topliss-reactive ketones (excluding diaryl/α,β-unsaturated/α-hetero) is 2. The van der Waals surface area contributed by atoms with E-state index in [1.54, 1.807) is 0 Å². The van der Waals surface area contributed by atoms with Gasteiger partial charge in [0.05, 0.1) is 16.0 Å². The molecule has 0 atom stereocenters. The van der Waals surface area contributed by atoms with Gasteiger partial charge in [-0.2, -0.15) is 9.97 Å². The molecule has 0 radical (unpaired) electrons. The van der Waals surface area contributed by atoms with Gasteiger partial charge in [0.15, 0.2) is 11.6 Å². The number of hydrogen-bond acceptors (Lipinski definition) is 5. The van der Waals surface area contributed by atoms with Crippen LogP contribution in [0.25, 0.3) is 28.5 Å². The molecule has 8 heteroatoms. The Kier molecular flexibility index (Phi) is 4.86. The van der Waals surface area contributed by atoms with E-state index in [1.165, 1.54) is 12.1 Å². The molecule has 166 valence electrons. The predicted octanol–water partition coefficient (Wildman–Crippen LogP) is 6.23. The van der Waals surface area contributed by atoms with Gasteiger partial charge in [0.1, 0.15) is 5.82 Å². The van der Waals surface area contributed by atoms with Crippen LogP contribution < -0.4 is 0 Å². The van der Waals surface area contributed by atoms with E-state index < -0.39 is 5.92 Å². The van der Waals surface area contributed by atoms with Crippen LogP contribution in [0, 0.1) is 5.92 Å². The first-order valence-electron chi connectivity index (χ1n) is 10.6. The average Bonchev–Trinajstić information content (AvgIpc) is 3.47. The zero-order chi connectivity index (χ0) is 23.4. The SMILES string of the molecule is O=C1c2cc(Cl)c(Cl)cc2C(=O)C1Cc1nc2oc(-c3ccccc3)nc2n1-c1ccccc1. The summed E-state index contributed by atoms with van der Waals surface area (Å²) in [5.74, 6) is -0.568. The Bertz CT molecular complexity index is 1550. The average molecular weight is 488 g/mol. The van der Waals surface area contributed by atoms with Gasteiger partial charge in [-0.05, 0) is 36.4 Å². The summed E-state index contributed by atoms with van der Waals surface area (Å²) in [6.45, 7) is 0. The number of fused-ring (bicyclic) bond motifs is 2. The lowest BCUT2D eigenvalue weighted by molar-refractivity contribution is 0.0836. The quantitative estimate of drug-likeness (QED) is 0.281. The number of para-hydroxylation sites is 1. The summed E-state index contributed by atoms with van der Waals surface area (Å²) in [6, 6.07) is 22.0. The Hall–Kier alpha value is -3.74. The molecule has 5 aromatic rings. The van der Waals surface area contributed by atoms with Crippen molar-refractivity contribution in [1.82, 2.24) is 14.5 Å². The van der Waals surface area contributed by atoms with E-state index in [4.69, 9.17) is 27.6 Å². The van der Waals surface area contributed by atoms with Gasteiger partial charge in [0, 0.05) is 28.8 Å². The van der Waals surface area contributed by atoms with Crippen molar-refractivity contribution in [2.24, 2.45) is 5.92 Å². The second kappa shape index (κ2) is 7.94. The van der Waals surface area contributed by atoms with E-state index in [0.29, 0.717) is 23.1 Å². The van der Waals surface area contributed by atoms with E-state index in [0.717, 1.165) is 11.3 Å². The number of nitrogens with zero attached hydrogens (tertiary/aromatic N) is 3. The fourth-order valence-corrected chi connectivity index (χ4v) is 4.65. The molecule has 0 N–H and O–H groups in total. The Balaban J connectivity index is 1.45. The van der Waals surface area contributed by atoms with Crippen LogP contribution in [0.4, 0.5) is 0 Å². The summed E-state index contributed by atoms with van der Waals surface area (Å²) in [5.41, 5.74) is 3.05. The van der Waals surface area contributed by atoms with Crippen LogP contribution in [-0.2, 0) is 6.42 Å². The molecule has 2 heterocycles. The van der Waals surface area contributed by atoms with Crippen LogP contribution in [0.1, 0.15) is 26.5 Å². The third-order valence-corrected chi connectivity index (χ3v) is 6.66. The minimum absolute atomic E-state index is 0.0863. The van der Waals surface area contributed by atoms with Crippen LogP contribution in [0.2, 0.25) is 10.0 Å². The van der Waals surface area contributed by atoms with E-state index in [-0.39, 0.29) is 39.2 Å². The normalized spacial score (nSPS) is 13.7. The Morgan fingerprint density at radius 2 is 1.41 bits per heavy atom. The largest absolute Gasteiger partial charge is 0.416 e. The summed E-state index contributed by atoms with van der Waals surface area (Å²) in [6.07, 6.45) is 0.0863. The van der Waals surface area contributed by atoms with Gasteiger partial charge in [-0.1, -0.05) is 59.6 Å². The lowest BCUT2D eigenvalue weighted by Gasteiger charge is -2.10. The highest BCUT2D eigenvalue weighted by Crippen LogP contribution is 2.36. The molecule has 1 aliphatic carbocycles. The van der Waals surface area contributed by atoms with Gasteiger partial charge >= 0.3 is 0 Å². The summed E-state index contributed by atoms with van der Waals surface area (Å²) < 4.78 is 7.79. The van der Waals surface area contributed by atoms with Crippen LogP contribution in [-0.4, -0.2) is 26.1 Å². The molecule has 1 aliphatic rings. The molecule has 0 amide bonds. The van der Waals surface area contributed by atoms with Gasteiger partial charge in [-0.15, -0.1) is 0 Å². The molecule has 34 heavy (non-hydrogen) atoms. The maximum atomic E-state index is 13.1. The van der Waals surface area contributed by atoms with Crippen molar-refractivity contribution in [3.8, 4) is 17.1 Å². The highest BCUT2D eigenvalue weighted by Gasteiger charge is 2.40. The van der Waals surface area contributed by atoms with Crippen molar-refractivity contribution in [3.05, 3.63) is 99.8 Å². The maximum absolute atomic E-state index is 13.1. The molecule has 2 aromatic heterocycles. The number of rotatable bonds is 4. The van der Waals surface area contributed by atoms with Crippen molar-refractivity contribution in [2.75, 3.05) is 0 Å². The smallest absolute Gasteiger partial charge is 0.267 e. The number of ketones is 2. The van der Waals surface area contributed by atoms with Crippen molar-refractivity contribution >= 4 is 46.1 Å². The zero-order valence-corrected chi connectivity index (χ0v) is 19.0. The lowest BCUT2D eigenvalue weighted by Crippen LogP contribution is -2.20. The number of oxazole rings is 1. The highest BCUT2D eigenvalue weighted by molar-refractivity contribution is 6.43. The molecule has 6 rings (SSSR count). The molecular formula is C26H15Cl2N3O3. The monoisotopic (exact) mass is 487 g/mol. The third kappa shape index (κ3) is 3.26. The molecule has 0 spiro atoms. The number of hydrogen-bond donors (Lipinski definition) is 0. The molecule has 0 saturated heterocycles. The van der Waals surface area contributed by atoms with Crippen molar-refractivity contribution < 1.29 is 14.0 Å². The van der Waals surface area contributed by atoms with Gasteiger partial charge in [-0.3, -0.25) is 14.2 Å². The first kappa shape index (κ1) is 20.8. The predicted molar refractivity (Wildman–Crippen MR) is 129 cm³/mol. The van der Waals surface area contributed by atoms with E-state index in [1.807, 2.05) is 65.2 Å². The zero-order valence-electron chi connectivity index (χ0n) is 17.5. The van der Waals surface area contributed by atoms with Crippen LogP contribution in [0.5, 0.6) is 0 Å². The summed E-state index contributed by atoms with van der Waals surface area (Å²) >= 11 is 12.2. The van der Waals surface area contributed by atoms with Gasteiger partial charge in [0.25, 0.3) is 5.71 Å². The summed E-state index contributed by atoms with van der Waals surface area (Å²) in [4.78, 5) is 35.6. The van der Waals surface area contributed by atoms with E-state index in [9.17, 15) is 9.59 Å². The third-order valence-electron chi connectivity index (χ3n) is 5.94. The standard InChI is InChI=1S/C26H15Cl2N3O3/c27-19-11-16-17(12-20(19)28)23(33)18(22(16)32)13-21-29-26-24(31(21)15-9-5-2-6-10-15)30-25(34-26)14-7-3-1-4-8-14/h1-12,18H,13H2. The summed E-state index contributed by atoms with van der Waals surface area (Å²) in [5, 5.41) is 0.478. The molecule has 6 nitrogen and oxygen atoms in total. The molecule has 0 bridgehead atoms. The van der Waals surface area contributed by atoms with E-state index >= 15 is 0 Å². The number of benzene rings is 3. The Morgan fingerprint density at radius 1 is 0.824 bits per heavy atom. The lowest BCUT2D eigenvalue weighted by atomic mass is 9.99. The van der Waals surface area contributed by atoms with Crippen molar-refractivity contribution in [3.63, 3.8) is 0 Å². The molecular weight excluding hydrogens is 473 g/mol. The number of aromatic nitrogens is 3. The van der Waals surface area contributed by atoms with Crippen LogP contribution in [0.15, 0.2) is 77.2 Å². The molecule has 3 aromatic carbocycles. The number of carbonyl (C=O) groups excluding carboxylic acids is 2. The minimum Gasteiger partial charge on any atom is -0.416 e. The fraction of sp³-hybridized carbons (Fsp3) is 0.0769. The summed E-state index contributed by atoms with van der Waals surface area (Å²) in [7, 11) is 0. The maximum Gasteiger partial charge on any atom is 0.267 e. The topological polar surface area (TPSA) is 78.0 Å². The number of halogens is 2. The number of imidazole rings is 1. The van der Waals surface area contributed by atoms with Crippen LogP contribution >= 0.6 is 23.2 Å².